The molecule has 0 aromatic heterocycles. The van der Waals surface area contributed by atoms with Gasteiger partial charge in [0.15, 0.2) is 0 Å². The van der Waals surface area contributed by atoms with E-state index in [4.69, 9.17) is 0 Å². The molecule has 1 atom stereocenters. The molecule has 5 heteroatoms. The van der Waals surface area contributed by atoms with Crippen LogP contribution in [-0.2, 0) is 0 Å². The Labute approximate surface area is 102 Å². The highest BCUT2D eigenvalue weighted by molar-refractivity contribution is 4.81. The van der Waals surface area contributed by atoms with E-state index < -0.39 is 5.92 Å². The molecule has 2 fully saturated rings. The first-order valence-corrected chi connectivity index (χ1v) is 6.57. The molecule has 2 heterocycles. The topological polar surface area (TPSA) is 18.5 Å². The maximum atomic E-state index is 13.0. The molecule has 1 N–H and O–H groups in total. The number of rotatable bonds is 3. The molecule has 1 unspecified atom stereocenters. The van der Waals surface area contributed by atoms with Gasteiger partial charge < -0.3 is 15.1 Å². The van der Waals surface area contributed by atoms with Crippen LogP contribution in [0.1, 0.15) is 19.3 Å². The van der Waals surface area contributed by atoms with Crippen LogP contribution in [0.25, 0.3) is 0 Å². The van der Waals surface area contributed by atoms with Gasteiger partial charge in [0.05, 0.1) is 0 Å². The predicted octanol–water partition coefficient (Wildman–Crippen LogP) is 1.01. The molecular weight excluding hydrogens is 224 g/mol. The van der Waals surface area contributed by atoms with Crippen LogP contribution < -0.4 is 5.32 Å². The van der Waals surface area contributed by atoms with Gasteiger partial charge in [-0.05, 0) is 20.0 Å². The lowest BCUT2D eigenvalue weighted by Crippen LogP contribution is -2.50. The first-order valence-electron chi connectivity index (χ1n) is 6.57. The molecule has 2 aliphatic heterocycles. The summed E-state index contributed by atoms with van der Waals surface area (Å²) in [5, 5.41) is 3.49. The third kappa shape index (κ3) is 4.16. The van der Waals surface area contributed by atoms with Crippen LogP contribution in [0.2, 0.25) is 0 Å². The van der Waals surface area contributed by atoms with Gasteiger partial charge in [0.1, 0.15) is 0 Å². The molecule has 17 heavy (non-hydrogen) atoms. The van der Waals surface area contributed by atoms with E-state index in [1.54, 1.807) is 0 Å². The van der Waals surface area contributed by atoms with Gasteiger partial charge in [-0.25, -0.2) is 8.78 Å². The fourth-order valence-corrected chi connectivity index (χ4v) is 2.63. The van der Waals surface area contributed by atoms with Crippen molar-refractivity contribution in [3.8, 4) is 0 Å². The molecule has 2 saturated heterocycles. The summed E-state index contributed by atoms with van der Waals surface area (Å²) >= 11 is 0. The molecular formula is C12H23F2N3. The number of nitrogens with one attached hydrogen (secondary N) is 1. The Morgan fingerprint density at radius 3 is 2.59 bits per heavy atom. The molecule has 0 bridgehead atoms. The van der Waals surface area contributed by atoms with Crippen LogP contribution in [0.4, 0.5) is 8.78 Å². The third-order valence-corrected chi connectivity index (χ3v) is 3.84. The minimum Gasteiger partial charge on any atom is -0.311 e. The van der Waals surface area contributed by atoms with E-state index in [9.17, 15) is 8.78 Å². The maximum absolute atomic E-state index is 13.0. The lowest BCUT2D eigenvalue weighted by molar-refractivity contribution is -0.0556. The number of likely N-dealkylation sites (tertiary alicyclic amines) is 1. The molecule has 0 aromatic carbocycles. The first kappa shape index (κ1) is 13.2. The average molecular weight is 247 g/mol. The normalized spacial score (nSPS) is 31.6. The first-order chi connectivity index (χ1) is 8.05. The summed E-state index contributed by atoms with van der Waals surface area (Å²) in [7, 11) is 2.13. The molecule has 2 aliphatic rings. The zero-order valence-corrected chi connectivity index (χ0v) is 10.6. The Morgan fingerprint density at radius 1 is 1.24 bits per heavy atom. The largest absolute Gasteiger partial charge is 0.311 e. The van der Waals surface area contributed by atoms with Crippen molar-refractivity contribution in [3.05, 3.63) is 0 Å². The SMILES string of the molecule is CN1CCNC(CCN2CCC(F)(F)CC2)C1. The van der Waals surface area contributed by atoms with Crippen molar-refractivity contribution in [1.29, 1.82) is 0 Å². The van der Waals surface area contributed by atoms with E-state index in [0.29, 0.717) is 19.1 Å². The summed E-state index contributed by atoms with van der Waals surface area (Å²) < 4.78 is 26.0. The standard InChI is InChI=1S/C12H23F2N3/c1-16-9-5-15-11(10-16)2-6-17-7-3-12(13,14)4-8-17/h11,15H,2-10H2,1H3. The van der Waals surface area contributed by atoms with E-state index in [1.807, 2.05) is 0 Å². The zero-order valence-electron chi connectivity index (χ0n) is 10.6. The summed E-state index contributed by atoms with van der Waals surface area (Å²) in [5.41, 5.74) is 0. The quantitative estimate of drug-likeness (QED) is 0.803. The second-order valence-corrected chi connectivity index (χ2v) is 5.40. The smallest absolute Gasteiger partial charge is 0.250 e. The van der Waals surface area contributed by atoms with Crippen molar-refractivity contribution in [1.82, 2.24) is 15.1 Å². The molecule has 2 rings (SSSR count). The van der Waals surface area contributed by atoms with Crippen molar-refractivity contribution < 1.29 is 8.78 Å². The van der Waals surface area contributed by atoms with E-state index >= 15 is 0 Å². The Hall–Kier alpha value is -0.260. The van der Waals surface area contributed by atoms with Crippen LogP contribution >= 0.6 is 0 Å². The van der Waals surface area contributed by atoms with E-state index in [0.717, 1.165) is 32.6 Å². The molecule has 100 valence electrons. The Bertz CT molecular complexity index is 238. The van der Waals surface area contributed by atoms with Gasteiger partial charge in [-0.2, -0.15) is 0 Å². The molecule has 0 spiro atoms. The van der Waals surface area contributed by atoms with Crippen molar-refractivity contribution in [2.24, 2.45) is 0 Å². The van der Waals surface area contributed by atoms with E-state index in [1.165, 1.54) is 0 Å². The van der Waals surface area contributed by atoms with Gasteiger partial charge in [-0.3, -0.25) is 0 Å². The number of halogens is 2. The summed E-state index contributed by atoms with van der Waals surface area (Å²) in [6.07, 6.45) is 1.13. The van der Waals surface area contributed by atoms with Crippen molar-refractivity contribution in [3.63, 3.8) is 0 Å². The van der Waals surface area contributed by atoms with Gasteiger partial charge in [0.25, 0.3) is 5.92 Å². The van der Waals surface area contributed by atoms with E-state index in [-0.39, 0.29) is 12.8 Å². The minimum absolute atomic E-state index is 0.0327. The number of alkyl halides is 2. The van der Waals surface area contributed by atoms with Crippen molar-refractivity contribution in [2.75, 3.05) is 46.3 Å². The maximum Gasteiger partial charge on any atom is 0.250 e. The summed E-state index contributed by atoms with van der Waals surface area (Å²) in [5.74, 6) is -2.42. The van der Waals surface area contributed by atoms with Crippen LogP contribution in [-0.4, -0.2) is 68.1 Å². The number of hydrogen-bond donors (Lipinski definition) is 1. The van der Waals surface area contributed by atoms with Gasteiger partial charge in [0, 0.05) is 51.6 Å². The number of nitrogens with zero attached hydrogens (tertiary/aromatic N) is 2. The monoisotopic (exact) mass is 247 g/mol. The molecule has 0 aliphatic carbocycles. The molecule has 0 amide bonds. The van der Waals surface area contributed by atoms with Crippen LogP contribution in [0.5, 0.6) is 0 Å². The van der Waals surface area contributed by atoms with Gasteiger partial charge in [-0.15, -0.1) is 0 Å². The summed E-state index contributed by atoms with van der Waals surface area (Å²) in [4.78, 5) is 4.50. The summed E-state index contributed by atoms with van der Waals surface area (Å²) in [6.45, 7) is 5.27. The summed E-state index contributed by atoms with van der Waals surface area (Å²) in [6, 6.07) is 0.524. The molecule has 0 saturated carbocycles. The molecule has 3 nitrogen and oxygen atoms in total. The van der Waals surface area contributed by atoms with Crippen LogP contribution in [0, 0.1) is 0 Å². The van der Waals surface area contributed by atoms with Crippen LogP contribution in [0.15, 0.2) is 0 Å². The van der Waals surface area contributed by atoms with Gasteiger partial charge >= 0.3 is 0 Å². The highest BCUT2D eigenvalue weighted by atomic mass is 19.3. The van der Waals surface area contributed by atoms with Crippen molar-refractivity contribution in [2.45, 2.75) is 31.2 Å². The Balaban J connectivity index is 1.65. The predicted molar refractivity (Wildman–Crippen MR) is 64.5 cm³/mol. The number of piperidine rings is 1. The minimum atomic E-state index is -2.42. The number of hydrogen-bond acceptors (Lipinski definition) is 3. The number of piperazine rings is 1. The lowest BCUT2D eigenvalue weighted by atomic mass is 10.1. The van der Waals surface area contributed by atoms with E-state index in [2.05, 4.69) is 22.2 Å². The Kier molecular flexibility index (Phi) is 4.33. The van der Waals surface area contributed by atoms with Crippen molar-refractivity contribution >= 4 is 0 Å². The second kappa shape index (κ2) is 5.59. The molecule has 0 radical (unpaired) electrons. The van der Waals surface area contributed by atoms with Crippen LogP contribution in [0.3, 0.4) is 0 Å². The highest BCUT2D eigenvalue weighted by Gasteiger charge is 2.33. The third-order valence-electron chi connectivity index (χ3n) is 3.84. The number of likely N-dealkylation sites (N-methyl/N-ethyl adjacent to an activating group) is 1. The lowest BCUT2D eigenvalue weighted by Gasteiger charge is -2.35. The van der Waals surface area contributed by atoms with Gasteiger partial charge in [-0.1, -0.05) is 0 Å². The molecule has 0 aromatic rings. The fourth-order valence-electron chi connectivity index (χ4n) is 2.63. The fraction of sp³-hybridized carbons (Fsp3) is 1.00. The van der Waals surface area contributed by atoms with Gasteiger partial charge in [0.2, 0.25) is 0 Å². The highest BCUT2D eigenvalue weighted by Crippen LogP contribution is 2.27. The second-order valence-electron chi connectivity index (χ2n) is 5.40. The zero-order chi connectivity index (χ0) is 12.3. The average Bonchev–Trinajstić information content (AvgIpc) is 2.28. The Morgan fingerprint density at radius 2 is 1.94 bits per heavy atom.